The molecule has 86 valence electrons. The Hall–Kier alpha value is 0.580. The van der Waals surface area contributed by atoms with E-state index in [9.17, 15) is 0 Å². The largest absolute Gasteiger partial charge is 0.731 e. The molecule has 0 rings (SSSR count). The Bertz CT molecular complexity index is 117. The van der Waals surface area contributed by atoms with Gasteiger partial charge in [-0.25, -0.2) is 0 Å². The average molecular weight is 235 g/mol. The van der Waals surface area contributed by atoms with Crippen LogP contribution >= 0.6 is 0 Å². The highest BCUT2D eigenvalue weighted by Gasteiger charge is 1.97. The predicted molar refractivity (Wildman–Crippen MR) is 66.7 cm³/mol. The quantitative estimate of drug-likeness (QED) is 0.565. The maximum absolute atomic E-state index is 4.78. The van der Waals surface area contributed by atoms with Crippen molar-refractivity contribution in [2.75, 3.05) is 47.3 Å². The second-order valence-electron chi connectivity index (χ2n) is 3.87. The van der Waals surface area contributed by atoms with Gasteiger partial charge in [0.15, 0.2) is 0 Å². The summed E-state index contributed by atoms with van der Waals surface area (Å²) in [7, 11) is 6.35. The van der Waals surface area contributed by atoms with E-state index in [2.05, 4.69) is 30.9 Å². The van der Waals surface area contributed by atoms with Gasteiger partial charge in [0.05, 0.1) is 0 Å². The zero-order valence-electron chi connectivity index (χ0n) is 9.40. The lowest BCUT2D eigenvalue weighted by Gasteiger charge is -2.38. The van der Waals surface area contributed by atoms with Gasteiger partial charge in [0.1, 0.15) is 0 Å². The lowest BCUT2D eigenvalue weighted by atomic mass is 10.3. The second kappa shape index (κ2) is 8.85. The number of hydrogen-bond acceptors (Lipinski definition) is 5. The number of nitrogens with zero attached hydrogens (tertiary/aromatic N) is 3. The summed E-state index contributed by atoms with van der Waals surface area (Å²) < 4.78 is 1.41. The van der Waals surface area contributed by atoms with Gasteiger partial charge in [-0.15, -0.1) is 0 Å². The van der Waals surface area contributed by atoms with Crippen molar-refractivity contribution in [3.8, 4) is 0 Å². The van der Waals surface area contributed by atoms with Crippen molar-refractivity contribution in [3.63, 3.8) is 0 Å². The summed E-state index contributed by atoms with van der Waals surface area (Å²) >= 11 is 9.55. The molecule has 0 radical (unpaired) electrons. The van der Waals surface area contributed by atoms with Crippen LogP contribution in [0, 0.1) is 0 Å². The fourth-order valence-electron chi connectivity index (χ4n) is 1.24. The molecule has 0 atom stereocenters. The van der Waals surface area contributed by atoms with Crippen molar-refractivity contribution in [3.05, 3.63) is 0 Å². The summed E-state index contributed by atoms with van der Waals surface area (Å²) in [5.74, 6) is 0. The van der Waals surface area contributed by atoms with Gasteiger partial charge in [0, 0.05) is 0 Å². The molecule has 0 aromatic rings. The molecule has 0 N–H and O–H groups in total. The van der Waals surface area contributed by atoms with Crippen LogP contribution in [0.25, 0.3) is 0 Å². The van der Waals surface area contributed by atoms with Gasteiger partial charge in [-0.3, -0.25) is 0 Å². The molecule has 5 heteroatoms. The van der Waals surface area contributed by atoms with Crippen LogP contribution in [0.4, 0.5) is 0 Å². The fraction of sp³-hybridized carbons (Fsp3) is 1.00. The van der Waals surface area contributed by atoms with Crippen LogP contribution in [-0.4, -0.2) is 60.8 Å². The molecule has 0 unspecified atom stereocenters. The van der Waals surface area contributed by atoms with E-state index >= 15 is 0 Å². The molecule has 0 bridgehead atoms. The van der Waals surface area contributed by atoms with Crippen LogP contribution in [0.3, 0.4) is 0 Å². The van der Waals surface area contributed by atoms with Crippen molar-refractivity contribution in [2.45, 2.75) is 12.8 Å². The summed E-state index contributed by atoms with van der Waals surface area (Å²) in [5.41, 5.74) is 0. The lowest BCUT2D eigenvalue weighted by Crippen LogP contribution is -2.26. The summed E-state index contributed by atoms with van der Waals surface area (Å²) in [6.07, 6.45) is 2.28. The van der Waals surface area contributed by atoms with Crippen LogP contribution in [0.1, 0.15) is 12.8 Å². The normalized spacial score (nSPS) is 12.0. The van der Waals surface area contributed by atoms with E-state index in [0.717, 1.165) is 32.6 Å². The molecule has 0 heterocycles. The molecule has 0 aliphatic rings. The van der Waals surface area contributed by atoms with Gasteiger partial charge < -0.3 is 39.1 Å². The minimum Gasteiger partial charge on any atom is -0.731 e. The van der Waals surface area contributed by atoms with Gasteiger partial charge in [-0.05, 0) is 60.2 Å². The first-order valence-corrected chi connectivity index (χ1v) is 5.70. The van der Waals surface area contributed by atoms with Crippen molar-refractivity contribution < 1.29 is 0 Å². The van der Waals surface area contributed by atoms with Crippen LogP contribution in [0.2, 0.25) is 0 Å². The molecule has 0 spiro atoms. The van der Waals surface area contributed by atoms with Gasteiger partial charge in [0.2, 0.25) is 0 Å². The Morgan fingerprint density at radius 1 is 0.786 bits per heavy atom. The smallest absolute Gasteiger partial charge is 0.000959 e. The molecule has 0 aliphatic heterocycles. The maximum Gasteiger partial charge on any atom is -0.000959 e. The Morgan fingerprint density at radius 3 is 1.71 bits per heavy atom. The van der Waals surface area contributed by atoms with Crippen molar-refractivity contribution >= 4 is 25.6 Å². The molecule has 14 heavy (non-hydrogen) atoms. The van der Waals surface area contributed by atoms with Gasteiger partial charge in [0.25, 0.3) is 0 Å². The zero-order chi connectivity index (χ0) is 11.0. The first-order chi connectivity index (χ1) is 6.52. The molecule has 0 aromatic carbocycles. The molecular formula is C9H21N3S2-2. The topological polar surface area (TPSA) is 9.72 Å². The first-order valence-electron chi connectivity index (χ1n) is 4.97. The molecule has 0 saturated heterocycles. The highest BCUT2D eigenvalue weighted by atomic mass is 32.2. The van der Waals surface area contributed by atoms with Gasteiger partial charge in [-0.1, -0.05) is 0 Å². The van der Waals surface area contributed by atoms with Crippen molar-refractivity contribution in [1.29, 1.82) is 0 Å². The second-order valence-corrected chi connectivity index (χ2v) is 4.98. The molecule has 0 aromatic heterocycles. The molecular weight excluding hydrogens is 214 g/mol. The highest BCUT2D eigenvalue weighted by Crippen LogP contribution is 1.93. The summed E-state index contributed by atoms with van der Waals surface area (Å²) in [4.78, 5) is 4.54. The average Bonchev–Trinajstić information content (AvgIpc) is 2.02. The Kier molecular flexibility index (Phi) is 9.22. The fourth-order valence-corrected chi connectivity index (χ4v) is 1.50. The Labute approximate surface area is 99.5 Å². The van der Waals surface area contributed by atoms with Crippen LogP contribution < -0.4 is 0 Å². The third kappa shape index (κ3) is 10.7. The van der Waals surface area contributed by atoms with Crippen LogP contribution in [-0.2, 0) is 25.6 Å². The van der Waals surface area contributed by atoms with E-state index < -0.39 is 0 Å². The van der Waals surface area contributed by atoms with E-state index in [-0.39, 0.29) is 0 Å². The minimum absolute atomic E-state index is 0.822. The van der Waals surface area contributed by atoms with E-state index in [1.807, 2.05) is 0 Å². The summed E-state index contributed by atoms with van der Waals surface area (Å²) in [6.45, 7) is 4.20. The monoisotopic (exact) mass is 235 g/mol. The van der Waals surface area contributed by atoms with E-state index in [4.69, 9.17) is 25.6 Å². The van der Waals surface area contributed by atoms with E-state index in [1.54, 1.807) is 0 Å². The van der Waals surface area contributed by atoms with E-state index in [1.165, 1.54) is 10.1 Å². The van der Waals surface area contributed by atoms with E-state index in [0.29, 0.717) is 0 Å². The minimum atomic E-state index is 0.822. The maximum atomic E-state index is 4.78. The van der Waals surface area contributed by atoms with Crippen LogP contribution in [0.5, 0.6) is 0 Å². The number of hydrogen-bond donors (Lipinski definition) is 0. The van der Waals surface area contributed by atoms with Crippen molar-refractivity contribution in [2.24, 2.45) is 0 Å². The predicted octanol–water partition coefficient (Wildman–Crippen LogP) is 0.486. The summed E-state index contributed by atoms with van der Waals surface area (Å²) in [6, 6.07) is 0. The van der Waals surface area contributed by atoms with Gasteiger partial charge >= 0.3 is 0 Å². The first kappa shape index (κ1) is 14.6. The van der Waals surface area contributed by atoms with Gasteiger partial charge in [-0.2, -0.15) is 0 Å². The lowest BCUT2D eigenvalue weighted by molar-refractivity contribution is 0.295. The SMILES string of the molecule is CN(C)CCCN(C)CCCN([S-])[S-]. The third-order valence-corrected chi connectivity index (χ3v) is 2.39. The number of rotatable bonds is 8. The Morgan fingerprint density at radius 2 is 1.29 bits per heavy atom. The Balaban J connectivity index is 3.23. The highest BCUT2D eigenvalue weighted by molar-refractivity contribution is 7.72. The standard InChI is InChI=1S/C9H21N3S2/c1-10(2)6-4-7-11(3)8-5-9-12(13)14/h4-9H2,1-3H3/q-2. The van der Waals surface area contributed by atoms with Crippen molar-refractivity contribution in [1.82, 2.24) is 13.5 Å². The molecule has 0 fully saturated rings. The molecule has 0 amide bonds. The third-order valence-electron chi connectivity index (χ3n) is 2.03. The summed E-state index contributed by atoms with van der Waals surface area (Å²) in [5, 5.41) is 0. The zero-order valence-corrected chi connectivity index (χ0v) is 11.0. The molecule has 3 nitrogen and oxygen atoms in total. The molecule has 0 aliphatic carbocycles. The molecule has 0 saturated carbocycles. The van der Waals surface area contributed by atoms with Crippen LogP contribution in [0.15, 0.2) is 0 Å².